The highest BCUT2D eigenvalue weighted by Crippen LogP contribution is 2.23. The minimum atomic E-state index is -3.06. The Morgan fingerprint density at radius 1 is 1.20 bits per heavy atom. The highest BCUT2D eigenvalue weighted by molar-refractivity contribution is 7.88. The van der Waals surface area contributed by atoms with Crippen LogP contribution in [0.5, 0.6) is 0 Å². The molecular formula is C14H23N3O2S. The number of anilines is 1. The Morgan fingerprint density at radius 3 is 2.35 bits per heavy atom. The van der Waals surface area contributed by atoms with E-state index in [4.69, 9.17) is 5.73 Å². The number of benzene rings is 1. The molecule has 0 bridgehead atoms. The first kappa shape index (κ1) is 15.3. The summed E-state index contributed by atoms with van der Waals surface area (Å²) in [5.41, 5.74) is 9.25. The average molecular weight is 297 g/mol. The number of nitrogens with zero attached hydrogens (tertiary/aromatic N) is 2. The van der Waals surface area contributed by atoms with Gasteiger partial charge in [0.05, 0.1) is 6.26 Å². The zero-order valence-corrected chi connectivity index (χ0v) is 13.0. The van der Waals surface area contributed by atoms with Crippen LogP contribution in [-0.2, 0) is 16.4 Å². The maximum Gasteiger partial charge on any atom is 0.211 e. The maximum absolute atomic E-state index is 11.5. The van der Waals surface area contributed by atoms with Gasteiger partial charge in [-0.1, -0.05) is 12.1 Å². The number of nitrogens with two attached hydrogens (primary N) is 1. The van der Waals surface area contributed by atoms with Gasteiger partial charge in [0.15, 0.2) is 0 Å². The summed E-state index contributed by atoms with van der Waals surface area (Å²) in [5.74, 6) is 0. The topological polar surface area (TPSA) is 66.6 Å². The fraction of sp³-hybridized carbons (Fsp3) is 0.571. The fourth-order valence-corrected chi connectivity index (χ4v) is 3.48. The summed E-state index contributed by atoms with van der Waals surface area (Å²) < 4.78 is 24.6. The third-order valence-corrected chi connectivity index (χ3v) is 5.05. The summed E-state index contributed by atoms with van der Waals surface area (Å²) in [6.07, 6.45) is 2.17. The Bertz CT molecular complexity index is 564. The van der Waals surface area contributed by atoms with Crippen molar-refractivity contribution >= 4 is 15.7 Å². The van der Waals surface area contributed by atoms with E-state index in [1.54, 1.807) is 4.31 Å². The van der Waals surface area contributed by atoms with E-state index >= 15 is 0 Å². The van der Waals surface area contributed by atoms with Crippen molar-refractivity contribution in [3.63, 3.8) is 0 Å². The molecule has 1 heterocycles. The predicted molar refractivity (Wildman–Crippen MR) is 82.6 cm³/mol. The third kappa shape index (κ3) is 3.50. The van der Waals surface area contributed by atoms with Gasteiger partial charge in [-0.25, -0.2) is 8.42 Å². The van der Waals surface area contributed by atoms with Crippen LogP contribution in [-0.4, -0.2) is 51.7 Å². The summed E-state index contributed by atoms with van der Waals surface area (Å²) in [6, 6.07) is 6.40. The highest BCUT2D eigenvalue weighted by atomic mass is 32.2. The van der Waals surface area contributed by atoms with E-state index < -0.39 is 10.0 Å². The van der Waals surface area contributed by atoms with Gasteiger partial charge in [-0.05, 0) is 37.1 Å². The smallest absolute Gasteiger partial charge is 0.211 e. The third-order valence-electron chi connectivity index (χ3n) is 3.74. The van der Waals surface area contributed by atoms with E-state index in [1.165, 1.54) is 23.1 Å². The normalized spacial score (nSPS) is 17.4. The monoisotopic (exact) mass is 297 g/mol. The molecule has 20 heavy (non-hydrogen) atoms. The molecule has 1 aliphatic heterocycles. The number of hydrogen-bond donors (Lipinski definition) is 1. The summed E-state index contributed by atoms with van der Waals surface area (Å²) >= 11 is 0. The van der Waals surface area contributed by atoms with Crippen LogP contribution in [0, 0.1) is 6.92 Å². The second kappa shape index (κ2) is 6.11. The highest BCUT2D eigenvalue weighted by Gasteiger charge is 2.24. The molecule has 112 valence electrons. The Hall–Kier alpha value is -1.11. The van der Waals surface area contributed by atoms with E-state index in [0.29, 0.717) is 19.6 Å². The van der Waals surface area contributed by atoms with Crippen LogP contribution in [0.1, 0.15) is 11.1 Å². The predicted octanol–water partition coefficient (Wildman–Crippen LogP) is 0.578. The molecule has 2 rings (SSSR count). The zero-order valence-electron chi connectivity index (χ0n) is 12.2. The summed E-state index contributed by atoms with van der Waals surface area (Å²) in [6.45, 7) is 5.35. The van der Waals surface area contributed by atoms with Crippen molar-refractivity contribution in [2.24, 2.45) is 5.73 Å². The Morgan fingerprint density at radius 2 is 1.85 bits per heavy atom. The lowest BCUT2D eigenvalue weighted by molar-refractivity contribution is 0.388. The van der Waals surface area contributed by atoms with Crippen molar-refractivity contribution in [2.75, 3.05) is 43.9 Å². The number of sulfonamides is 1. The first-order chi connectivity index (χ1) is 9.41. The molecule has 1 saturated heterocycles. The largest absolute Gasteiger partial charge is 0.369 e. The van der Waals surface area contributed by atoms with Crippen molar-refractivity contribution in [1.29, 1.82) is 0 Å². The van der Waals surface area contributed by atoms with Crippen LogP contribution in [0.25, 0.3) is 0 Å². The van der Waals surface area contributed by atoms with Crippen molar-refractivity contribution in [1.82, 2.24) is 4.31 Å². The quantitative estimate of drug-likeness (QED) is 0.883. The van der Waals surface area contributed by atoms with E-state index in [9.17, 15) is 8.42 Å². The minimum Gasteiger partial charge on any atom is -0.369 e. The standard InChI is InChI=1S/C14H23N3O2S/c1-12-11-13(5-6-15)3-4-14(12)16-7-9-17(10-8-16)20(2,18)19/h3-4,11H,5-10,15H2,1-2H3. The molecule has 0 unspecified atom stereocenters. The molecule has 2 N–H and O–H groups in total. The lowest BCUT2D eigenvalue weighted by atomic mass is 10.1. The van der Waals surface area contributed by atoms with Crippen LogP contribution in [0.4, 0.5) is 5.69 Å². The second-order valence-electron chi connectivity index (χ2n) is 5.31. The van der Waals surface area contributed by atoms with Gasteiger partial charge in [0.2, 0.25) is 10.0 Å². The molecule has 0 amide bonds. The van der Waals surface area contributed by atoms with Crippen LogP contribution in [0.2, 0.25) is 0 Å². The number of piperazine rings is 1. The summed E-state index contributed by atoms with van der Waals surface area (Å²) in [5, 5.41) is 0. The molecule has 1 fully saturated rings. The molecule has 6 heteroatoms. The zero-order chi connectivity index (χ0) is 14.8. The van der Waals surface area contributed by atoms with Gasteiger partial charge in [0, 0.05) is 31.9 Å². The van der Waals surface area contributed by atoms with Crippen molar-refractivity contribution in [2.45, 2.75) is 13.3 Å². The molecule has 0 radical (unpaired) electrons. The Balaban J connectivity index is 2.07. The molecular weight excluding hydrogens is 274 g/mol. The van der Waals surface area contributed by atoms with Gasteiger partial charge in [-0.15, -0.1) is 0 Å². The van der Waals surface area contributed by atoms with Gasteiger partial charge < -0.3 is 10.6 Å². The van der Waals surface area contributed by atoms with Crippen molar-refractivity contribution in [3.8, 4) is 0 Å². The second-order valence-corrected chi connectivity index (χ2v) is 7.29. The van der Waals surface area contributed by atoms with Crippen molar-refractivity contribution < 1.29 is 8.42 Å². The lowest BCUT2D eigenvalue weighted by Crippen LogP contribution is -2.48. The minimum absolute atomic E-state index is 0.558. The van der Waals surface area contributed by atoms with Gasteiger partial charge in [-0.2, -0.15) is 4.31 Å². The maximum atomic E-state index is 11.5. The molecule has 1 aliphatic rings. The van der Waals surface area contributed by atoms with E-state index in [0.717, 1.165) is 19.5 Å². The number of rotatable bonds is 4. The summed E-state index contributed by atoms with van der Waals surface area (Å²) in [4.78, 5) is 2.25. The van der Waals surface area contributed by atoms with Gasteiger partial charge >= 0.3 is 0 Å². The van der Waals surface area contributed by atoms with E-state index in [-0.39, 0.29) is 0 Å². The molecule has 0 saturated carbocycles. The summed E-state index contributed by atoms with van der Waals surface area (Å²) in [7, 11) is -3.06. The van der Waals surface area contributed by atoms with Crippen LogP contribution in [0.3, 0.4) is 0 Å². The van der Waals surface area contributed by atoms with E-state index in [2.05, 4.69) is 30.0 Å². The van der Waals surface area contributed by atoms with Gasteiger partial charge in [-0.3, -0.25) is 0 Å². The van der Waals surface area contributed by atoms with Crippen LogP contribution in [0.15, 0.2) is 18.2 Å². The van der Waals surface area contributed by atoms with Crippen LogP contribution >= 0.6 is 0 Å². The Kier molecular flexibility index (Phi) is 4.67. The first-order valence-corrected chi connectivity index (χ1v) is 8.76. The number of aryl methyl sites for hydroxylation is 1. The average Bonchev–Trinajstić information content (AvgIpc) is 2.38. The first-order valence-electron chi connectivity index (χ1n) is 6.91. The van der Waals surface area contributed by atoms with Gasteiger partial charge in [0.1, 0.15) is 0 Å². The molecule has 1 aromatic rings. The molecule has 5 nitrogen and oxygen atoms in total. The number of hydrogen-bond acceptors (Lipinski definition) is 4. The lowest BCUT2D eigenvalue weighted by Gasteiger charge is -2.35. The van der Waals surface area contributed by atoms with Gasteiger partial charge in [0.25, 0.3) is 0 Å². The molecule has 0 atom stereocenters. The molecule has 0 aromatic heterocycles. The van der Waals surface area contributed by atoms with Crippen LogP contribution < -0.4 is 10.6 Å². The molecule has 1 aromatic carbocycles. The SMILES string of the molecule is Cc1cc(CCN)ccc1N1CCN(S(C)(=O)=O)CC1. The van der Waals surface area contributed by atoms with E-state index in [1.807, 2.05) is 0 Å². The van der Waals surface area contributed by atoms with Crippen molar-refractivity contribution in [3.05, 3.63) is 29.3 Å². The molecule has 0 aliphatic carbocycles. The fourth-order valence-electron chi connectivity index (χ4n) is 2.66. The Labute approximate surface area is 121 Å². The molecule has 0 spiro atoms.